The molecule has 2 saturated carbocycles. The van der Waals surface area contributed by atoms with Gasteiger partial charge in [-0.25, -0.2) is 0 Å². The summed E-state index contributed by atoms with van der Waals surface area (Å²) < 4.78 is 0. The van der Waals surface area contributed by atoms with Crippen LogP contribution in [0.5, 0.6) is 0 Å². The normalized spacial score (nSPS) is 57.1. The van der Waals surface area contributed by atoms with Crippen LogP contribution in [0.15, 0.2) is 4.99 Å². The quantitative estimate of drug-likeness (QED) is 0.622. The Balaban J connectivity index is 1.96. The van der Waals surface area contributed by atoms with Gasteiger partial charge in [0, 0.05) is 5.71 Å². The van der Waals surface area contributed by atoms with Crippen molar-refractivity contribution in [3.05, 3.63) is 0 Å². The fourth-order valence-electron chi connectivity index (χ4n) is 4.87. The van der Waals surface area contributed by atoms with E-state index in [1.807, 2.05) is 0 Å². The van der Waals surface area contributed by atoms with Crippen molar-refractivity contribution in [2.75, 3.05) is 0 Å². The van der Waals surface area contributed by atoms with Crippen LogP contribution in [0, 0.1) is 35.5 Å². The van der Waals surface area contributed by atoms with Gasteiger partial charge in [-0.05, 0) is 48.9 Å². The maximum Gasteiger partial charge on any atom is 0.0555 e. The molecule has 4 heterocycles. The van der Waals surface area contributed by atoms with Gasteiger partial charge in [0.1, 0.15) is 0 Å². The number of rotatable bonds is 1. The second kappa shape index (κ2) is 3.09. The minimum atomic E-state index is 0.665. The third kappa shape index (κ3) is 1.07. The zero-order chi connectivity index (χ0) is 10.7. The summed E-state index contributed by atoms with van der Waals surface area (Å²) in [5.74, 6) is 5.56. The van der Waals surface area contributed by atoms with E-state index in [0.717, 1.165) is 35.5 Å². The van der Waals surface area contributed by atoms with Crippen molar-refractivity contribution >= 4 is 5.71 Å². The van der Waals surface area contributed by atoms with Gasteiger partial charge in [0.2, 0.25) is 0 Å². The molecule has 6 aliphatic rings. The van der Waals surface area contributed by atoms with Gasteiger partial charge in [0.25, 0.3) is 0 Å². The highest BCUT2D eigenvalue weighted by atomic mass is 14.9. The van der Waals surface area contributed by atoms with E-state index in [1.165, 1.54) is 18.6 Å². The lowest BCUT2D eigenvalue weighted by atomic mass is 9.46. The molecular weight excluding hydrogens is 182 g/mol. The molecule has 0 amide bonds. The Kier molecular flexibility index (Phi) is 2.03. The highest BCUT2D eigenvalue weighted by Gasteiger charge is 2.57. The first-order chi connectivity index (χ1) is 7.15. The van der Waals surface area contributed by atoms with Gasteiger partial charge < -0.3 is 0 Å². The fraction of sp³-hybridized carbons (Fsp3) is 0.929. The van der Waals surface area contributed by atoms with Crippen LogP contribution < -0.4 is 0 Å². The summed E-state index contributed by atoms with van der Waals surface area (Å²) in [6.45, 7) is 9.50. The van der Waals surface area contributed by atoms with Crippen molar-refractivity contribution in [3.63, 3.8) is 0 Å². The topological polar surface area (TPSA) is 12.4 Å². The Bertz CT molecular complexity index is 296. The lowest BCUT2D eigenvalue weighted by Crippen LogP contribution is -2.60. The molecule has 0 aromatic carbocycles. The van der Waals surface area contributed by atoms with Crippen LogP contribution >= 0.6 is 0 Å². The van der Waals surface area contributed by atoms with Crippen molar-refractivity contribution in [1.82, 2.24) is 0 Å². The van der Waals surface area contributed by atoms with Crippen LogP contribution in [0.1, 0.15) is 40.5 Å². The second-order valence-electron chi connectivity index (χ2n) is 6.13. The van der Waals surface area contributed by atoms with Crippen molar-refractivity contribution in [1.29, 1.82) is 0 Å². The summed E-state index contributed by atoms with van der Waals surface area (Å²) in [6.07, 6.45) is 2.81. The summed E-state index contributed by atoms with van der Waals surface area (Å²) >= 11 is 0. The zero-order valence-corrected chi connectivity index (χ0v) is 10.4. The SMILES string of the molecule is CCC1C2CC1C1C(C)C(N=C2C)C1C. The molecule has 0 N–H and O–H groups in total. The fourth-order valence-corrected chi connectivity index (χ4v) is 4.87. The van der Waals surface area contributed by atoms with E-state index < -0.39 is 0 Å². The highest BCUT2D eigenvalue weighted by molar-refractivity contribution is 5.86. The summed E-state index contributed by atoms with van der Waals surface area (Å²) in [5, 5.41) is 0. The average molecular weight is 205 g/mol. The van der Waals surface area contributed by atoms with Gasteiger partial charge in [-0.15, -0.1) is 0 Å². The van der Waals surface area contributed by atoms with E-state index >= 15 is 0 Å². The second-order valence-corrected chi connectivity index (χ2v) is 6.13. The first-order valence-electron chi connectivity index (χ1n) is 6.69. The van der Waals surface area contributed by atoms with Gasteiger partial charge in [0.15, 0.2) is 0 Å². The molecule has 5 unspecified atom stereocenters. The van der Waals surface area contributed by atoms with Crippen LogP contribution in [0.25, 0.3) is 0 Å². The van der Waals surface area contributed by atoms with Crippen molar-refractivity contribution in [2.45, 2.75) is 46.6 Å². The van der Waals surface area contributed by atoms with Crippen LogP contribution in [-0.2, 0) is 0 Å². The molecule has 2 aliphatic carbocycles. The zero-order valence-electron chi connectivity index (χ0n) is 10.4. The summed E-state index contributed by atoms with van der Waals surface area (Å²) in [6, 6.07) is 0.665. The van der Waals surface area contributed by atoms with E-state index in [0.29, 0.717) is 6.04 Å². The third-order valence-corrected chi connectivity index (χ3v) is 5.74. The molecular formula is C14H23N. The van der Waals surface area contributed by atoms with Gasteiger partial charge in [0.05, 0.1) is 6.04 Å². The van der Waals surface area contributed by atoms with Gasteiger partial charge in [-0.1, -0.05) is 27.2 Å². The molecule has 4 bridgehead atoms. The smallest absolute Gasteiger partial charge is 0.0555 e. The van der Waals surface area contributed by atoms with Crippen LogP contribution in [0.4, 0.5) is 0 Å². The van der Waals surface area contributed by atoms with E-state index in [1.54, 1.807) is 0 Å². The predicted octanol–water partition coefficient (Wildman–Crippen LogP) is 3.39. The molecule has 0 spiro atoms. The molecule has 4 aliphatic heterocycles. The molecule has 0 aromatic heterocycles. The molecule has 0 aromatic rings. The lowest BCUT2D eigenvalue weighted by molar-refractivity contribution is -0.0769. The first-order valence-corrected chi connectivity index (χ1v) is 6.69. The van der Waals surface area contributed by atoms with E-state index in [2.05, 4.69) is 27.7 Å². The molecule has 1 heteroatoms. The van der Waals surface area contributed by atoms with E-state index in [9.17, 15) is 0 Å². The summed E-state index contributed by atoms with van der Waals surface area (Å²) in [4.78, 5) is 5.00. The Hall–Kier alpha value is -0.330. The van der Waals surface area contributed by atoms with Crippen LogP contribution in [0.3, 0.4) is 0 Å². The Labute approximate surface area is 93.4 Å². The maximum atomic E-state index is 5.00. The minimum Gasteiger partial charge on any atom is -0.290 e. The molecule has 6 rings (SSSR count). The van der Waals surface area contributed by atoms with E-state index in [-0.39, 0.29) is 0 Å². The summed E-state index contributed by atoms with van der Waals surface area (Å²) in [7, 11) is 0. The Morgan fingerprint density at radius 3 is 2.53 bits per heavy atom. The van der Waals surface area contributed by atoms with Gasteiger partial charge in [-0.3, -0.25) is 4.99 Å². The lowest BCUT2D eigenvalue weighted by Gasteiger charge is -2.61. The van der Waals surface area contributed by atoms with Crippen molar-refractivity contribution in [2.24, 2.45) is 40.5 Å². The average Bonchev–Trinajstić information content (AvgIpc) is 2.16. The van der Waals surface area contributed by atoms with Crippen molar-refractivity contribution in [3.8, 4) is 0 Å². The molecule has 1 nitrogen and oxygen atoms in total. The largest absolute Gasteiger partial charge is 0.290 e. The molecule has 5 atom stereocenters. The molecule has 0 saturated heterocycles. The molecule has 0 radical (unpaired) electrons. The third-order valence-electron chi connectivity index (χ3n) is 5.74. The molecule has 15 heavy (non-hydrogen) atoms. The van der Waals surface area contributed by atoms with Crippen molar-refractivity contribution < 1.29 is 0 Å². The van der Waals surface area contributed by atoms with Gasteiger partial charge >= 0.3 is 0 Å². The monoisotopic (exact) mass is 205 g/mol. The minimum absolute atomic E-state index is 0.665. The first kappa shape index (κ1) is 9.86. The van der Waals surface area contributed by atoms with Crippen LogP contribution in [0.2, 0.25) is 0 Å². The van der Waals surface area contributed by atoms with E-state index in [4.69, 9.17) is 4.99 Å². The highest BCUT2D eigenvalue weighted by Crippen LogP contribution is 2.59. The number of nitrogens with zero attached hydrogens (tertiary/aromatic N) is 1. The Morgan fingerprint density at radius 2 is 1.93 bits per heavy atom. The maximum absolute atomic E-state index is 5.00. The number of aliphatic imine (C=N–C) groups is 1. The number of hydrogen-bond donors (Lipinski definition) is 0. The summed E-state index contributed by atoms with van der Waals surface area (Å²) in [5.41, 5.74) is 1.47. The van der Waals surface area contributed by atoms with Crippen LogP contribution in [-0.4, -0.2) is 11.8 Å². The Morgan fingerprint density at radius 1 is 1.27 bits per heavy atom. The molecule has 84 valence electrons. The molecule has 2 fully saturated rings. The predicted molar refractivity (Wildman–Crippen MR) is 64.1 cm³/mol. The van der Waals surface area contributed by atoms with Gasteiger partial charge in [-0.2, -0.15) is 0 Å². The number of hydrogen-bond acceptors (Lipinski definition) is 1. The standard InChI is InChI=1S/C14H23N/c1-5-10-11-6-12(10)13-7(2)14(8(13)3)15-9(11)4/h7-8,10-14H,5-6H2,1-4H3.